The standard InChI is InChI=1S/C16H25N3O4S.ClH/c1-17-9-10-19(2)16(20)13-5-7-15(8-6-13)24(21,22)18-12-14-4-3-11-23-14;/h5-8,14,17-18H,3-4,9-12H2,1-2H3;1H. The van der Waals surface area contributed by atoms with Crippen molar-refractivity contribution in [2.45, 2.75) is 23.8 Å². The quantitative estimate of drug-likeness (QED) is 0.686. The summed E-state index contributed by atoms with van der Waals surface area (Å²) < 4.78 is 32.5. The van der Waals surface area contributed by atoms with Crippen LogP contribution < -0.4 is 10.0 Å². The van der Waals surface area contributed by atoms with Crippen LogP contribution in [0.2, 0.25) is 0 Å². The molecular formula is C16H26ClN3O4S. The number of carbonyl (C=O) groups excluding carboxylic acids is 1. The van der Waals surface area contributed by atoms with Crippen molar-refractivity contribution < 1.29 is 17.9 Å². The maximum atomic E-state index is 12.3. The summed E-state index contributed by atoms with van der Waals surface area (Å²) >= 11 is 0. The third-order valence-corrected chi connectivity index (χ3v) is 5.42. The second-order valence-electron chi connectivity index (χ2n) is 5.84. The second-order valence-corrected chi connectivity index (χ2v) is 7.61. The molecule has 142 valence electrons. The minimum Gasteiger partial charge on any atom is -0.377 e. The van der Waals surface area contributed by atoms with E-state index in [0.29, 0.717) is 25.3 Å². The van der Waals surface area contributed by atoms with E-state index in [9.17, 15) is 13.2 Å². The van der Waals surface area contributed by atoms with Gasteiger partial charge in [-0.1, -0.05) is 0 Å². The van der Waals surface area contributed by atoms with E-state index in [-0.39, 0.29) is 35.9 Å². The molecule has 1 heterocycles. The van der Waals surface area contributed by atoms with Crippen LogP contribution in [-0.4, -0.2) is 65.7 Å². The van der Waals surface area contributed by atoms with Gasteiger partial charge in [-0.25, -0.2) is 13.1 Å². The van der Waals surface area contributed by atoms with E-state index < -0.39 is 10.0 Å². The first-order chi connectivity index (χ1) is 11.4. The fraction of sp³-hybridized carbons (Fsp3) is 0.562. The normalized spacial score (nSPS) is 17.1. The van der Waals surface area contributed by atoms with Gasteiger partial charge in [-0.2, -0.15) is 0 Å². The number of nitrogens with zero attached hydrogens (tertiary/aromatic N) is 1. The van der Waals surface area contributed by atoms with Crippen LogP contribution >= 0.6 is 12.4 Å². The van der Waals surface area contributed by atoms with E-state index in [1.165, 1.54) is 12.1 Å². The molecule has 2 rings (SSSR count). The van der Waals surface area contributed by atoms with Gasteiger partial charge in [0, 0.05) is 38.9 Å². The van der Waals surface area contributed by atoms with Crippen LogP contribution in [0.25, 0.3) is 0 Å². The molecule has 1 aliphatic heterocycles. The Morgan fingerprint density at radius 2 is 2.00 bits per heavy atom. The molecule has 1 fully saturated rings. The zero-order chi connectivity index (χ0) is 17.6. The van der Waals surface area contributed by atoms with Crippen LogP contribution in [0.15, 0.2) is 29.2 Å². The van der Waals surface area contributed by atoms with Gasteiger partial charge >= 0.3 is 0 Å². The molecule has 0 radical (unpaired) electrons. The van der Waals surface area contributed by atoms with Crippen LogP contribution in [0.1, 0.15) is 23.2 Å². The van der Waals surface area contributed by atoms with Gasteiger partial charge in [0.2, 0.25) is 10.0 Å². The molecular weight excluding hydrogens is 366 g/mol. The Morgan fingerprint density at radius 1 is 1.32 bits per heavy atom. The summed E-state index contributed by atoms with van der Waals surface area (Å²) in [7, 11) is -0.0528. The number of carbonyl (C=O) groups is 1. The number of ether oxygens (including phenoxy) is 1. The molecule has 0 aromatic heterocycles. The minimum absolute atomic E-state index is 0. The number of amides is 1. The monoisotopic (exact) mass is 391 g/mol. The molecule has 1 aromatic rings. The Bertz CT molecular complexity index is 646. The van der Waals surface area contributed by atoms with Gasteiger partial charge in [-0.15, -0.1) is 12.4 Å². The van der Waals surface area contributed by atoms with Crippen LogP contribution in [-0.2, 0) is 14.8 Å². The fourth-order valence-electron chi connectivity index (χ4n) is 2.47. The van der Waals surface area contributed by atoms with Crippen LogP contribution in [0.5, 0.6) is 0 Å². The first kappa shape index (κ1) is 21.9. The lowest BCUT2D eigenvalue weighted by atomic mass is 10.2. The maximum Gasteiger partial charge on any atom is 0.253 e. The SMILES string of the molecule is CNCCN(C)C(=O)c1ccc(S(=O)(=O)NCC2CCCO2)cc1.Cl. The predicted octanol–water partition coefficient (Wildman–Crippen LogP) is 0.857. The summed E-state index contributed by atoms with van der Waals surface area (Å²) in [5, 5.41) is 2.98. The lowest BCUT2D eigenvalue weighted by molar-refractivity contribution is 0.0796. The first-order valence-electron chi connectivity index (χ1n) is 8.05. The summed E-state index contributed by atoms with van der Waals surface area (Å²) in [6.07, 6.45) is 1.78. The molecule has 1 unspecified atom stereocenters. The van der Waals surface area contributed by atoms with Gasteiger partial charge in [-0.3, -0.25) is 4.79 Å². The molecule has 2 N–H and O–H groups in total. The highest BCUT2D eigenvalue weighted by Crippen LogP contribution is 2.14. The summed E-state index contributed by atoms with van der Waals surface area (Å²) in [4.78, 5) is 14.0. The lowest BCUT2D eigenvalue weighted by Gasteiger charge is -2.17. The van der Waals surface area contributed by atoms with Crippen LogP contribution in [0.4, 0.5) is 0 Å². The van der Waals surface area contributed by atoms with Crippen LogP contribution in [0, 0.1) is 0 Å². The molecule has 0 aliphatic carbocycles. The summed E-state index contributed by atoms with van der Waals surface area (Å²) in [6, 6.07) is 5.99. The third kappa shape index (κ3) is 6.23. The summed E-state index contributed by atoms with van der Waals surface area (Å²) in [6.45, 7) is 2.24. The largest absolute Gasteiger partial charge is 0.377 e. The predicted molar refractivity (Wildman–Crippen MR) is 98.7 cm³/mol. The van der Waals surface area contributed by atoms with Crippen LogP contribution in [0.3, 0.4) is 0 Å². The molecule has 1 saturated heterocycles. The van der Waals surface area contributed by atoms with Gasteiger partial charge < -0.3 is 15.0 Å². The van der Waals surface area contributed by atoms with E-state index in [4.69, 9.17) is 4.74 Å². The van der Waals surface area contributed by atoms with E-state index in [2.05, 4.69) is 10.0 Å². The number of benzene rings is 1. The van der Waals surface area contributed by atoms with Crippen molar-refractivity contribution in [3.05, 3.63) is 29.8 Å². The highest BCUT2D eigenvalue weighted by Gasteiger charge is 2.20. The Hall–Kier alpha value is -1.19. The molecule has 1 aliphatic rings. The molecule has 7 nitrogen and oxygen atoms in total. The Morgan fingerprint density at radius 3 is 2.56 bits per heavy atom. The van der Waals surface area contributed by atoms with E-state index in [1.54, 1.807) is 24.1 Å². The molecule has 1 amide bonds. The summed E-state index contributed by atoms with van der Waals surface area (Å²) in [5.74, 6) is -0.137. The number of sulfonamides is 1. The fourth-order valence-corrected chi connectivity index (χ4v) is 3.54. The average Bonchev–Trinajstić information content (AvgIpc) is 3.11. The van der Waals surface area contributed by atoms with Gasteiger partial charge in [0.05, 0.1) is 11.0 Å². The average molecular weight is 392 g/mol. The number of rotatable bonds is 8. The Labute approximate surface area is 155 Å². The molecule has 1 atom stereocenters. The zero-order valence-corrected chi connectivity index (χ0v) is 16.2. The van der Waals surface area contributed by atoms with Crippen molar-refractivity contribution in [2.24, 2.45) is 0 Å². The van der Waals surface area contributed by atoms with E-state index >= 15 is 0 Å². The van der Waals surface area contributed by atoms with Gasteiger partial charge in [0.1, 0.15) is 0 Å². The summed E-state index contributed by atoms with van der Waals surface area (Å²) in [5.41, 5.74) is 0.465. The third-order valence-electron chi connectivity index (χ3n) is 3.98. The first-order valence-corrected chi connectivity index (χ1v) is 9.54. The highest BCUT2D eigenvalue weighted by molar-refractivity contribution is 7.89. The zero-order valence-electron chi connectivity index (χ0n) is 14.5. The van der Waals surface area contributed by atoms with Gasteiger partial charge in [0.15, 0.2) is 0 Å². The van der Waals surface area contributed by atoms with Crippen molar-refractivity contribution in [3.8, 4) is 0 Å². The van der Waals surface area contributed by atoms with Gasteiger partial charge in [-0.05, 0) is 44.2 Å². The molecule has 9 heteroatoms. The Kier molecular flexibility index (Phi) is 8.81. The van der Waals surface area contributed by atoms with E-state index in [0.717, 1.165) is 12.8 Å². The maximum absolute atomic E-state index is 12.3. The van der Waals surface area contributed by atoms with Crippen molar-refractivity contribution in [2.75, 3.05) is 40.3 Å². The molecule has 0 bridgehead atoms. The van der Waals surface area contributed by atoms with Crippen molar-refractivity contribution in [3.63, 3.8) is 0 Å². The van der Waals surface area contributed by atoms with E-state index in [1.807, 2.05) is 7.05 Å². The number of hydrogen-bond donors (Lipinski definition) is 2. The highest BCUT2D eigenvalue weighted by atomic mass is 35.5. The molecule has 0 spiro atoms. The number of likely N-dealkylation sites (N-methyl/N-ethyl adjacent to an activating group) is 2. The molecule has 1 aromatic carbocycles. The van der Waals surface area contributed by atoms with Crippen molar-refractivity contribution in [1.29, 1.82) is 0 Å². The lowest BCUT2D eigenvalue weighted by Crippen LogP contribution is -2.33. The smallest absolute Gasteiger partial charge is 0.253 e. The number of nitrogens with one attached hydrogen (secondary N) is 2. The Balaban J connectivity index is 0.00000312. The number of halogens is 1. The minimum atomic E-state index is -3.59. The number of hydrogen-bond acceptors (Lipinski definition) is 5. The second kappa shape index (κ2) is 10.1. The van der Waals surface area contributed by atoms with Gasteiger partial charge in [0.25, 0.3) is 5.91 Å². The van der Waals surface area contributed by atoms with Crippen molar-refractivity contribution >= 4 is 28.3 Å². The topological polar surface area (TPSA) is 87.7 Å². The molecule has 0 saturated carbocycles. The van der Waals surface area contributed by atoms with Crippen molar-refractivity contribution in [1.82, 2.24) is 14.9 Å². The molecule has 25 heavy (non-hydrogen) atoms.